The molecule has 0 unspecified atom stereocenters. The van der Waals surface area contributed by atoms with Gasteiger partial charge in [0.25, 0.3) is 0 Å². The van der Waals surface area contributed by atoms with Gasteiger partial charge in [0.2, 0.25) is 0 Å². The van der Waals surface area contributed by atoms with Crippen molar-refractivity contribution in [3.8, 4) is 0 Å². The fourth-order valence-electron chi connectivity index (χ4n) is 0.721. The Bertz CT molecular complexity index is 289. The molecule has 0 N–H and O–H groups in total. The first-order valence-electron chi connectivity index (χ1n) is 4.35. The summed E-state index contributed by atoms with van der Waals surface area (Å²) in [6.45, 7) is 6.08. The average molecular weight is 137 g/mol. The Kier molecular flexibility index (Phi) is 1.18. The van der Waals surface area contributed by atoms with E-state index in [1.54, 1.807) is 12.3 Å². The van der Waals surface area contributed by atoms with Gasteiger partial charge < -0.3 is 0 Å². The molecule has 0 bridgehead atoms. The number of nitrogens with zero attached hydrogens (tertiary/aromatic N) is 1. The molecule has 0 atom stereocenters. The van der Waals surface area contributed by atoms with Gasteiger partial charge in [-0.25, -0.2) is 0 Å². The van der Waals surface area contributed by atoms with Gasteiger partial charge in [-0.2, -0.15) is 0 Å². The summed E-state index contributed by atoms with van der Waals surface area (Å²) in [7, 11) is 0. The second kappa shape index (κ2) is 2.41. The largest absolute Gasteiger partial charge is 0.265 e. The maximum absolute atomic E-state index is 7.60. The quantitative estimate of drug-likeness (QED) is 0.535. The molecule has 0 saturated carbocycles. The van der Waals surface area contributed by atoms with Crippen molar-refractivity contribution in [3.63, 3.8) is 0 Å². The van der Waals surface area contributed by atoms with Crippen molar-refractivity contribution in [2.45, 2.75) is 26.2 Å². The maximum atomic E-state index is 7.60. The summed E-state index contributed by atoms with van der Waals surface area (Å²) in [5.74, 6) is 0. The minimum Gasteiger partial charge on any atom is -0.265 e. The van der Waals surface area contributed by atoms with Gasteiger partial charge in [-0.05, 0) is 23.1 Å². The van der Waals surface area contributed by atoms with Gasteiger partial charge >= 0.3 is 0 Å². The van der Waals surface area contributed by atoms with Crippen molar-refractivity contribution in [1.82, 2.24) is 4.98 Å². The van der Waals surface area contributed by atoms with E-state index in [1.165, 1.54) is 0 Å². The van der Waals surface area contributed by atoms with Crippen molar-refractivity contribution in [2.24, 2.45) is 0 Å². The number of pyridine rings is 1. The lowest BCUT2D eigenvalue weighted by Crippen LogP contribution is -2.10. The summed E-state index contributed by atoms with van der Waals surface area (Å²) in [4.78, 5) is 3.73. The number of hydrogen-bond acceptors (Lipinski definition) is 1. The fourth-order valence-corrected chi connectivity index (χ4v) is 0.721. The van der Waals surface area contributed by atoms with Gasteiger partial charge in [0.15, 0.2) is 0 Å². The van der Waals surface area contributed by atoms with E-state index >= 15 is 0 Å². The Morgan fingerprint density at radius 2 is 2.20 bits per heavy atom. The van der Waals surface area contributed by atoms with Gasteiger partial charge in [0, 0.05) is 12.4 Å². The van der Waals surface area contributed by atoms with Crippen LogP contribution in [0.5, 0.6) is 0 Å². The molecule has 10 heavy (non-hydrogen) atoms. The third kappa shape index (κ3) is 1.56. The lowest BCUT2D eigenvalue weighted by molar-refractivity contribution is 0.589. The molecular formula is C9H13N. The normalized spacial score (nSPS) is 14.3. The number of aromatic nitrogens is 1. The van der Waals surface area contributed by atoms with Crippen LogP contribution in [0.25, 0.3) is 0 Å². The minimum absolute atomic E-state index is 0.0578. The van der Waals surface area contributed by atoms with Gasteiger partial charge in [0.1, 0.15) is 0 Å². The van der Waals surface area contributed by atoms with Crippen LogP contribution in [-0.4, -0.2) is 4.98 Å². The Labute approximate surface area is 64.9 Å². The summed E-state index contributed by atoms with van der Waals surface area (Å²) >= 11 is 0. The molecule has 0 aliphatic heterocycles. The summed E-state index contributed by atoms with van der Waals surface area (Å²) in [6.07, 6.45) is 1.64. The van der Waals surface area contributed by atoms with Crippen LogP contribution in [0.15, 0.2) is 24.5 Å². The summed E-state index contributed by atoms with van der Waals surface area (Å²) in [5.41, 5.74) is 0.804. The molecule has 1 heterocycles. The van der Waals surface area contributed by atoms with Gasteiger partial charge in [0.05, 0.1) is 2.74 Å². The molecule has 0 amide bonds. The van der Waals surface area contributed by atoms with E-state index < -0.39 is 0 Å². The van der Waals surface area contributed by atoms with Crippen LogP contribution < -0.4 is 0 Å². The number of rotatable bonds is 0. The van der Waals surface area contributed by atoms with Gasteiger partial charge in [-0.1, -0.05) is 20.8 Å². The van der Waals surface area contributed by atoms with Gasteiger partial charge in [-0.3, -0.25) is 4.98 Å². The smallest absolute Gasteiger partial charge is 0.0840 e. The van der Waals surface area contributed by atoms with E-state index in [0.717, 1.165) is 5.56 Å². The zero-order valence-corrected chi connectivity index (χ0v) is 6.60. The SMILES string of the molecule is [2H]c1nccc(C(C)(C)C)c1[2H]. The summed E-state index contributed by atoms with van der Waals surface area (Å²) in [5, 5.41) is 0. The fraction of sp³-hybridized carbons (Fsp3) is 0.444. The zero-order valence-electron chi connectivity index (χ0n) is 8.60. The van der Waals surface area contributed by atoms with E-state index in [4.69, 9.17) is 2.74 Å². The standard InChI is InChI=1S/C9H13N/c1-9(2,3)8-4-6-10-7-5-8/h4-7H,1-3H3/i4D,6D. The van der Waals surface area contributed by atoms with E-state index in [2.05, 4.69) is 4.98 Å². The van der Waals surface area contributed by atoms with Crippen molar-refractivity contribution in [2.75, 3.05) is 0 Å². The molecule has 0 saturated heterocycles. The predicted molar refractivity (Wildman–Crippen MR) is 42.9 cm³/mol. The molecule has 1 nitrogen and oxygen atoms in total. The highest BCUT2D eigenvalue weighted by atomic mass is 14.6. The van der Waals surface area contributed by atoms with Crippen LogP contribution in [0, 0.1) is 0 Å². The summed E-state index contributed by atoms with van der Waals surface area (Å²) < 4.78 is 14.9. The van der Waals surface area contributed by atoms with E-state index in [1.807, 2.05) is 20.8 Å². The van der Waals surface area contributed by atoms with Crippen molar-refractivity contribution in [3.05, 3.63) is 30.0 Å². The minimum atomic E-state index is -0.0736. The number of hydrogen-bond donors (Lipinski definition) is 0. The lowest BCUT2D eigenvalue weighted by Gasteiger charge is -2.17. The molecule has 54 valence electrons. The monoisotopic (exact) mass is 137 g/mol. The van der Waals surface area contributed by atoms with E-state index in [0.29, 0.717) is 0 Å². The first-order chi connectivity index (χ1) is 5.43. The van der Waals surface area contributed by atoms with Crippen LogP contribution >= 0.6 is 0 Å². The van der Waals surface area contributed by atoms with E-state index in [9.17, 15) is 0 Å². The third-order valence-corrected chi connectivity index (χ3v) is 1.38. The summed E-state index contributed by atoms with van der Waals surface area (Å²) in [6, 6.07) is 2.05. The second-order valence-corrected chi connectivity index (χ2v) is 3.35. The molecule has 1 aromatic rings. The molecular weight excluding hydrogens is 122 g/mol. The molecule has 0 aliphatic rings. The molecule has 0 aromatic carbocycles. The van der Waals surface area contributed by atoms with Gasteiger partial charge in [-0.15, -0.1) is 0 Å². The van der Waals surface area contributed by atoms with Crippen LogP contribution in [0.1, 0.15) is 29.1 Å². The first-order valence-corrected chi connectivity index (χ1v) is 3.35. The highest BCUT2D eigenvalue weighted by Gasteiger charge is 2.11. The molecule has 1 rings (SSSR count). The van der Waals surface area contributed by atoms with Crippen LogP contribution in [0.3, 0.4) is 0 Å². The maximum Gasteiger partial charge on any atom is 0.0840 e. The van der Waals surface area contributed by atoms with Crippen LogP contribution in [0.4, 0.5) is 0 Å². The van der Waals surface area contributed by atoms with Crippen molar-refractivity contribution in [1.29, 1.82) is 0 Å². The highest BCUT2D eigenvalue weighted by Crippen LogP contribution is 2.20. The molecule has 1 heteroatoms. The Morgan fingerprint density at radius 1 is 1.50 bits per heavy atom. The van der Waals surface area contributed by atoms with Crippen LogP contribution in [-0.2, 0) is 5.41 Å². The van der Waals surface area contributed by atoms with E-state index in [-0.39, 0.29) is 17.6 Å². The average Bonchev–Trinajstić information content (AvgIpc) is 1.92. The molecule has 0 fully saturated rings. The molecule has 1 aromatic heterocycles. The Balaban J connectivity index is 3.26. The van der Waals surface area contributed by atoms with Crippen molar-refractivity contribution >= 4 is 0 Å². The molecule has 0 spiro atoms. The topological polar surface area (TPSA) is 12.9 Å². The molecule has 0 radical (unpaired) electrons. The van der Waals surface area contributed by atoms with Crippen LogP contribution in [0.2, 0.25) is 0 Å². The second-order valence-electron chi connectivity index (χ2n) is 3.35. The zero-order chi connectivity index (χ0) is 9.35. The Hall–Kier alpha value is -0.850. The third-order valence-electron chi connectivity index (χ3n) is 1.38. The highest BCUT2D eigenvalue weighted by molar-refractivity contribution is 5.18. The predicted octanol–water partition coefficient (Wildman–Crippen LogP) is 2.38. The Morgan fingerprint density at radius 3 is 2.70 bits per heavy atom. The lowest BCUT2D eigenvalue weighted by atomic mass is 9.88. The van der Waals surface area contributed by atoms with Crippen molar-refractivity contribution < 1.29 is 2.74 Å². The molecule has 0 aliphatic carbocycles. The first kappa shape index (κ1) is 4.89.